The van der Waals surface area contributed by atoms with Gasteiger partial charge in [0, 0.05) is 21.5 Å². The smallest absolute Gasteiger partial charge is 0.278 e. The van der Waals surface area contributed by atoms with Crippen molar-refractivity contribution in [3.05, 3.63) is 57.1 Å². The Hall–Kier alpha value is -2.62. The Labute approximate surface area is 159 Å². The summed E-state index contributed by atoms with van der Waals surface area (Å²) in [4.78, 5) is 13.7. The molecule has 2 aromatic heterocycles. The fourth-order valence-electron chi connectivity index (χ4n) is 3.10. The van der Waals surface area contributed by atoms with Gasteiger partial charge in [0.2, 0.25) is 0 Å². The van der Waals surface area contributed by atoms with Crippen LogP contribution in [-0.2, 0) is 12.8 Å². The van der Waals surface area contributed by atoms with Gasteiger partial charge >= 0.3 is 0 Å². The van der Waals surface area contributed by atoms with E-state index < -0.39 is 5.91 Å². The second-order valence-electron chi connectivity index (χ2n) is 6.07. The zero-order chi connectivity index (χ0) is 18.1. The highest BCUT2D eigenvalue weighted by molar-refractivity contribution is 7.16. The van der Waals surface area contributed by atoms with Crippen LogP contribution in [0.25, 0.3) is 11.3 Å². The lowest BCUT2D eigenvalue weighted by molar-refractivity contribution is 0.101. The number of carbonyl (C=O) groups is 1. The predicted octanol–water partition coefficient (Wildman–Crippen LogP) is 5.06. The molecule has 26 heavy (non-hydrogen) atoms. The van der Waals surface area contributed by atoms with Crippen LogP contribution in [0.3, 0.4) is 0 Å². The summed E-state index contributed by atoms with van der Waals surface area (Å²) < 4.78 is 5.27. The highest BCUT2D eigenvalue weighted by atomic mass is 35.5. The van der Waals surface area contributed by atoms with Crippen molar-refractivity contribution in [3.63, 3.8) is 0 Å². The lowest BCUT2D eigenvalue weighted by atomic mass is 9.96. The van der Waals surface area contributed by atoms with Crippen molar-refractivity contribution in [2.45, 2.75) is 25.7 Å². The fraction of sp³-hybridized carbons (Fsp3) is 0.211. The van der Waals surface area contributed by atoms with Crippen molar-refractivity contribution >= 4 is 33.8 Å². The van der Waals surface area contributed by atoms with Gasteiger partial charge in [0.05, 0.1) is 5.56 Å². The Bertz CT molecular complexity index is 1030. The number of nitriles is 1. The third-order valence-corrected chi connectivity index (χ3v) is 5.80. The van der Waals surface area contributed by atoms with Gasteiger partial charge < -0.3 is 9.84 Å². The van der Waals surface area contributed by atoms with Crippen molar-refractivity contribution in [3.8, 4) is 17.4 Å². The molecule has 1 aliphatic rings. The molecule has 4 rings (SSSR count). The van der Waals surface area contributed by atoms with E-state index in [2.05, 4.69) is 16.5 Å². The number of amides is 1. The summed E-state index contributed by atoms with van der Waals surface area (Å²) in [5.74, 6) is 0.0701. The van der Waals surface area contributed by atoms with Crippen LogP contribution < -0.4 is 5.32 Å². The van der Waals surface area contributed by atoms with Gasteiger partial charge in [-0.05, 0) is 43.4 Å². The van der Waals surface area contributed by atoms with Crippen molar-refractivity contribution in [1.29, 1.82) is 5.26 Å². The maximum Gasteiger partial charge on any atom is 0.278 e. The molecular formula is C19H14ClN3O2S. The number of anilines is 1. The van der Waals surface area contributed by atoms with E-state index in [9.17, 15) is 10.1 Å². The van der Waals surface area contributed by atoms with Gasteiger partial charge in [-0.15, -0.1) is 11.3 Å². The summed E-state index contributed by atoms with van der Waals surface area (Å²) in [6.45, 7) is 0. The SMILES string of the molecule is N#Cc1c(NC(=O)c2cc(-c3cccc(Cl)c3)on2)sc2c1CCCC2. The first kappa shape index (κ1) is 16.8. The first-order valence-electron chi connectivity index (χ1n) is 8.24. The van der Waals surface area contributed by atoms with E-state index in [0.717, 1.165) is 36.8 Å². The molecule has 1 aromatic carbocycles. The van der Waals surface area contributed by atoms with Crippen LogP contribution in [0.5, 0.6) is 0 Å². The van der Waals surface area contributed by atoms with Crippen LogP contribution in [-0.4, -0.2) is 11.1 Å². The lowest BCUT2D eigenvalue weighted by Crippen LogP contribution is -2.12. The zero-order valence-electron chi connectivity index (χ0n) is 13.7. The van der Waals surface area contributed by atoms with Crippen LogP contribution >= 0.6 is 22.9 Å². The lowest BCUT2D eigenvalue weighted by Gasteiger charge is -2.09. The van der Waals surface area contributed by atoms with E-state index in [1.165, 1.54) is 16.2 Å². The summed E-state index contributed by atoms with van der Waals surface area (Å²) in [6.07, 6.45) is 4.07. The Morgan fingerprint density at radius 2 is 2.15 bits per heavy atom. The molecule has 1 N–H and O–H groups in total. The predicted molar refractivity (Wildman–Crippen MR) is 101 cm³/mol. The van der Waals surface area contributed by atoms with Crippen LogP contribution in [0.4, 0.5) is 5.00 Å². The highest BCUT2D eigenvalue weighted by Crippen LogP contribution is 2.37. The molecule has 7 heteroatoms. The van der Waals surface area contributed by atoms with Crippen molar-refractivity contribution in [2.75, 3.05) is 5.32 Å². The molecule has 1 amide bonds. The number of hydrogen-bond acceptors (Lipinski definition) is 5. The number of aromatic nitrogens is 1. The number of carbonyl (C=O) groups excluding carboxylic acids is 1. The molecule has 130 valence electrons. The van der Waals surface area contributed by atoms with Gasteiger partial charge in [-0.3, -0.25) is 4.79 Å². The average Bonchev–Trinajstić information content (AvgIpc) is 3.26. The Kier molecular flexibility index (Phi) is 4.49. The minimum Gasteiger partial charge on any atom is -0.355 e. The second kappa shape index (κ2) is 6.94. The number of benzene rings is 1. The maximum absolute atomic E-state index is 12.5. The molecular weight excluding hydrogens is 370 g/mol. The monoisotopic (exact) mass is 383 g/mol. The molecule has 0 bridgehead atoms. The molecule has 5 nitrogen and oxygen atoms in total. The molecule has 0 saturated heterocycles. The largest absolute Gasteiger partial charge is 0.355 e. The number of rotatable bonds is 3. The van der Waals surface area contributed by atoms with Crippen LogP contribution in [0, 0.1) is 11.3 Å². The molecule has 0 radical (unpaired) electrons. The second-order valence-corrected chi connectivity index (χ2v) is 7.61. The molecule has 1 aliphatic carbocycles. The molecule has 0 saturated carbocycles. The number of nitrogens with zero attached hydrogens (tertiary/aromatic N) is 2. The first-order valence-corrected chi connectivity index (χ1v) is 9.44. The number of fused-ring (bicyclic) bond motifs is 1. The Morgan fingerprint density at radius 1 is 1.31 bits per heavy atom. The third-order valence-electron chi connectivity index (χ3n) is 4.36. The standard InChI is InChI=1S/C19H14ClN3O2S/c20-12-5-3-4-11(8-12)16-9-15(23-25-16)18(24)22-19-14(10-21)13-6-1-2-7-17(13)26-19/h3-5,8-9H,1-2,6-7H2,(H,22,24). The fourth-order valence-corrected chi connectivity index (χ4v) is 4.52. The number of nitrogens with one attached hydrogen (secondary N) is 1. The summed E-state index contributed by atoms with van der Waals surface area (Å²) in [7, 11) is 0. The Morgan fingerprint density at radius 3 is 2.96 bits per heavy atom. The molecule has 2 heterocycles. The van der Waals surface area contributed by atoms with E-state index in [-0.39, 0.29) is 5.69 Å². The highest BCUT2D eigenvalue weighted by Gasteiger charge is 2.23. The first-order chi connectivity index (χ1) is 12.7. The minimum absolute atomic E-state index is 0.162. The molecule has 0 unspecified atom stereocenters. The van der Waals surface area contributed by atoms with Gasteiger partial charge in [0.1, 0.15) is 11.1 Å². The van der Waals surface area contributed by atoms with Gasteiger partial charge in [-0.2, -0.15) is 5.26 Å². The number of halogens is 1. The zero-order valence-corrected chi connectivity index (χ0v) is 15.3. The number of thiophene rings is 1. The molecule has 3 aromatic rings. The van der Waals surface area contributed by atoms with E-state index in [0.29, 0.717) is 21.3 Å². The molecule has 0 fully saturated rings. The number of hydrogen-bond donors (Lipinski definition) is 1. The van der Waals surface area contributed by atoms with Crippen molar-refractivity contribution in [2.24, 2.45) is 0 Å². The van der Waals surface area contributed by atoms with Gasteiger partial charge in [0.15, 0.2) is 11.5 Å². The topological polar surface area (TPSA) is 78.9 Å². The van der Waals surface area contributed by atoms with Crippen LogP contribution in [0.1, 0.15) is 39.3 Å². The summed E-state index contributed by atoms with van der Waals surface area (Å²) in [5.41, 5.74) is 2.57. The van der Waals surface area contributed by atoms with Crippen molar-refractivity contribution in [1.82, 2.24) is 5.16 Å². The van der Waals surface area contributed by atoms with Crippen LogP contribution in [0.15, 0.2) is 34.9 Å². The quantitative estimate of drug-likeness (QED) is 0.685. The summed E-state index contributed by atoms with van der Waals surface area (Å²) in [5, 5.41) is 17.3. The molecule has 0 spiro atoms. The Balaban J connectivity index is 1.58. The minimum atomic E-state index is -0.392. The maximum atomic E-state index is 12.5. The van der Waals surface area contributed by atoms with Crippen molar-refractivity contribution < 1.29 is 9.32 Å². The van der Waals surface area contributed by atoms with Gasteiger partial charge in [0.25, 0.3) is 5.91 Å². The van der Waals surface area contributed by atoms with E-state index in [4.69, 9.17) is 16.1 Å². The summed E-state index contributed by atoms with van der Waals surface area (Å²) >= 11 is 7.47. The third kappa shape index (κ3) is 3.12. The normalized spacial score (nSPS) is 13.1. The van der Waals surface area contributed by atoms with E-state index >= 15 is 0 Å². The van der Waals surface area contributed by atoms with E-state index in [1.54, 1.807) is 24.3 Å². The van der Waals surface area contributed by atoms with Crippen LogP contribution in [0.2, 0.25) is 5.02 Å². The summed E-state index contributed by atoms with van der Waals surface area (Å²) in [6, 6.07) is 10.9. The molecule has 0 atom stereocenters. The van der Waals surface area contributed by atoms with E-state index in [1.807, 2.05) is 6.07 Å². The van der Waals surface area contributed by atoms with Gasteiger partial charge in [-0.25, -0.2) is 0 Å². The number of aryl methyl sites for hydroxylation is 1. The molecule has 0 aliphatic heterocycles. The van der Waals surface area contributed by atoms with Gasteiger partial charge in [-0.1, -0.05) is 28.9 Å². The average molecular weight is 384 g/mol.